The highest BCUT2D eigenvalue weighted by atomic mass is 16.2. The van der Waals surface area contributed by atoms with E-state index in [1.807, 2.05) is 6.07 Å². The van der Waals surface area contributed by atoms with Crippen LogP contribution in [0.25, 0.3) is 0 Å². The number of anilines is 1. The second-order valence-corrected chi connectivity index (χ2v) is 9.09. The fourth-order valence-electron chi connectivity index (χ4n) is 5.01. The molecule has 3 aromatic rings. The lowest BCUT2D eigenvalue weighted by Gasteiger charge is -2.43. The lowest BCUT2D eigenvalue weighted by Crippen LogP contribution is -2.55. The standard InChI is InChI=1S/C28H32N2O/c1-22-10-9-11-23(2)28(22)29-27(31)21-30(20-24-12-5-3-6-13-24)18-16-26(17-19-30)25-14-7-4-8-15-25/h3-15,26H,16-21H2,1-2H3/p+1. The minimum absolute atomic E-state index is 0.117. The van der Waals surface area contributed by atoms with Crippen molar-refractivity contribution in [3.8, 4) is 0 Å². The molecule has 1 heterocycles. The Bertz CT molecular complexity index is 985. The van der Waals surface area contributed by atoms with Gasteiger partial charge in [-0.15, -0.1) is 0 Å². The quantitative estimate of drug-likeness (QED) is 0.506. The summed E-state index contributed by atoms with van der Waals surface area (Å²) in [6.07, 6.45) is 2.24. The minimum atomic E-state index is 0.117. The molecule has 0 bridgehead atoms. The summed E-state index contributed by atoms with van der Waals surface area (Å²) in [5.74, 6) is 0.705. The Hall–Kier alpha value is -2.91. The van der Waals surface area contributed by atoms with E-state index in [-0.39, 0.29) is 5.91 Å². The van der Waals surface area contributed by atoms with E-state index in [9.17, 15) is 4.79 Å². The van der Waals surface area contributed by atoms with Crippen LogP contribution < -0.4 is 5.32 Å². The summed E-state index contributed by atoms with van der Waals surface area (Å²) in [4.78, 5) is 13.2. The Morgan fingerprint density at radius 3 is 2.03 bits per heavy atom. The first-order valence-corrected chi connectivity index (χ1v) is 11.3. The molecule has 3 heteroatoms. The summed E-state index contributed by atoms with van der Waals surface area (Å²) in [7, 11) is 0. The van der Waals surface area contributed by atoms with E-state index in [2.05, 4.69) is 92.0 Å². The summed E-state index contributed by atoms with van der Waals surface area (Å²) in [5, 5.41) is 3.22. The zero-order valence-electron chi connectivity index (χ0n) is 18.7. The molecule has 1 fully saturated rings. The van der Waals surface area contributed by atoms with Crippen molar-refractivity contribution in [2.75, 3.05) is 25.0 Å². The van der Waals surface area contributed by atoms with Crippen LogP contribution in [-0.2, 0) is 11.3 Å². The first-order valence-electron chi connectivity index (χ1n) is 11.3. The number of nitrogens with one attached hydrogen (secondary N) is 1. The maximum atomic E-state index is 13.2. The highest BCUT2D eigenvalue weighted by molar-refractivity contribution is 5.93. The van der Waals surface area contributed by atoms with E-state index < -0.39 is 0 Å². The third-order valence-corrected chi connectivity index (χ3v) is 6.76. The molecule has 0 aliphatic carbocycles. The van der Waals surface area contributed by atoms with Gasteiger partial charge in [0, 0.05) is 24.1 Å². The van der Waals surface area contributed by atoms with Crippen LogP contribution >= 0.6 is 0 Å². The molecule has 0 unspecified atom stereocenters. The molecule has 1 saturated heterocycles. The van der Waals surface area contributed by atoms with Crippen molar-refractivity contribution in [3.05, 3.63) is 101 Å². The van der Waals surface area contributed by atoms with Crippen molar-refractivity contribution in [2.24, 2.45) is 0 Å². The van der Waals surface area contributed by atoms with E-state index in [1.54, 1.807) is 0 Å². The van der Waals surface area contributed by atoms with Gasteiger partial charge in [0.05, 0.1) is 13.1 Å². The molecule has 1 aliphatic rings. The van der Waals surface area contributed by atoms with E-state index in [1.165, 1.54) is 11.1 Å². The van der Waals surface area contributed by atoms with Gasteiger partial charge in [-0.1, -0.05) is 78.9 Å². The Morgan fingerprint density at radius 2 is 1.42 bits per heavy atom. The molecule has 31 heavy (non-hydrogen) atoms. The van der Waals surface area contributed by atoms with Crippen molar-refractivity contribution in [1.29, 1.82) is 0 Å². The van der Waals surface area contributed by atoms with E-state index in [0.29, 0.717) is 12.5 Å². The highest BCUT2D eigenvalue weighted by Gasteiger charge is 2.36. The molecule has 160 valence electrons. The minimum Gasteiger partial charge on any atom is -0.321 e. The summed E-state index contributed by atoms with van der Waals surface area (Å²) < 4.78 is 0.824. The van der Waals surface area contributed by atoms with Crippen LogP contribution in [-0.4, -0.2) is 30.0 Å². The molecule has 3 aromatic carbocycles. The van der Waals surface area contributed by atoms with Crippen molar-refractivity contribution in [2.45, 2.75) is 39.2 Å². The zero-order chi connectivity index (χ0) is 21.7. The molecule has 1 N–H and O–H groups in total. The number of likely N-dealkylation sites (tertiary alicyclic amines) is 1. The molecule has 4 rings (SSSR count). The maximum Gasteiger partial charge on any atom is 0.279 e. The summed E-state index contributed by atoms with van der Waals surface area (Å²) in [6, 6.07) is 27.6. The lowest BCUT2D eigenvalue weighted by atomic mass is 9.88. The van der Waals surface area contributed by atoms with Crippen LogP contribution in [0.2, 0.25) is 0 Å². The summed E-state index contributed by atoms with van der Waals surface area (Å²) in [6.45, 7) is 7.58. The van der Waals surface area contributed by atoms with Crippen LogP contribution in [0.4, 0.5) is 5.69 Å². The predicted molar refractivity (Wildman–Crippen MR) is 128 cm³/mol. The van der Waals surface area contributed by atoms with Gasteiger partial charge in [0.1, 0.15) is 6.54 Å². The number of nitrogens with zero attached hydrogens (tertiary/aromatic N) is 1. The Labute approximate surface area is 186 Å². The molecular formula is C28H33N2O+. The Kier molecular flexibility index (Phi) is 6.53. The number of carbonyl (C=O) groups excluding carboxylic acids is 1. The van der Waals surface area contributed by atoms with Crippen molar-refractivity contribution >= 4 is 11.6 Å². The van der Waals surface area contributed by atoms with Crippen LogP contribution in [0.15, 0.2) is 78.9 Å². The predicted octanol–water partition coefficient (Wildman–Crippen LogP) is 5.84. The fraction of sp³-hybridized carbons (Fsp3) is 0.321. The third-order valence-electron chi connectivity index (χ3n) is 6.76. The van der Waals surface area contributed by atoms with Crippen molar-refractivity contribution in [1.82, 2.24) is 0 Å². The van der Waals surface area contributed by atoms with Gasteiger partial charge in [-0.2, -0.15) is 0 Å². The van der Waals surface area contributed by atoms with Gasteiger partial charge in [-0.25, -0.2) is 0 Å². The van der Waals surface area contributed by atoms with E-state index >= 15 is 0 Å². The average molecular weight is 414 g/mol. The van der Waals surface area contributed by atoms with Gasteiger partial charge >= 0.3 is 0 Å². The molecular weight excluding hydrogens is 380 g/mol. The molecule has 0 aromatic heterocycles. The maximum absolute atomic E-state index is 13.2. The van der Waals surface area contributed by atoms with Crippen LogP contribution in [0.5, 0.6) is 0 Å². The number of para-hydroxylation sites is 1. The molecule has 0 spiro atoms. The van der Waals surface area contributed by atoms with E-state index in [0.717, 1.165) is 53.8 Å². The van der Waals surface area contributed by atoms with Gasteiger partial charge in [0.15, 0.2) is 6.54 Å². The Morgan fingerprint density at radius 1 is 0.839 bits per heavy atom. The number of piperidine rings is 1. The largest absolute Gasteiger partial charge is 0.321 e. The smallest absolute Gasteiger partial charge is 0.279 e. The van der Waals surface area contributed by atoms with Gasteiger partial charge in [0.25, 0.3) is 5.91 Å². The lowest BCUT2D eigenvalue weighted by molar-refractivity contribution is -0.938. The van der Waals surface area contributed by atoms with Crippen molar-refractivity contribution in [3.63, 3.8) is 0 Å². The fourth-order valence-corrected chi connectivity index (χ4v) is 5.01. The number of benzene rings is 3. The SMILES string of the molecule is Cc1cccc(C)c1NC(=O)C[N+]1(Cc2ccccc2)CCC(c2ccccc2)CC1. The number of hydrogen-bond donors (Lipinski definition) is 1. The Balaban J connectivity index is 1.51. The summed E-state index contributed by atoms with van der Waals surface area (Å²) in [5.41, 5.74) is 5.93. The second kappa shape index (κ2) is 9.49. The molecule has 1 aliphatic heterocycles. The van der Waals surface area contributed by atoms with Crippen LogP contribution in [0.1, 0.15) is 41.0 Å². The van der Waals surface area contributed by atoms with Gasteiger partial charge < -0.3 is 9.80 Å². The number of rotatable bonds is 6. The third kappa shape index (κ3) is 5.23. The van der Waals surface area contributed by atoms with E-state index in [4.69, 9.17) is 0 Å². The topological polar surface area (TPSA) is 29.1 Å². The highest BCUT2D eigenvalue weighted by Crippen LogP contribution is 2.33. The monoisotopic (exact) mass is 413 g/mol. The number of carbonyl (C=O) groups is 1. The molecule has 0 radical (unpaired) electrons. The first kappa shape index (κ1) is 21.3. The van der Waals surface area contributed by atoms with Gasteiger partial charge in [-0.05, 0) is 36.5 Å². The molecule has 0 saturated carbocycles. The number of quaternary nitrogens is 1. The molecule has 3 nitrogen and oxygen atoms in total. The normalized spacial score (nSPS) is 20.9. The number of hydrogen-bond acceptors (Lipinski definition) is 1. The van der Waals surface area contributed by atoms with Crippen LogP contribution in [0.3, 0.4) is 0 Å². The summed E-state index contributed by atoms with van der Waals surface area (Å²) >= 11 is 0. The van der Waals surface area contributed by atoms with Crippen molar-refractivity contribution < 1.29 is 9.28 Å². The second-order valence-electron chi connectivity index (χ2n) is 9.09. The first-order chi connectivity index (χ1) is 15.0. The molecule has 1 amide bonds. The molecule has 0 atom stereocenters. The number of amides is 1. The zero-order valence-corrected chi connectivity index (χ0v) is 18.7. The van der Waals surface area contributed by atoms with Crippen LogP contribution in [0, 0.1) is 13.8 Å². The number of aryl methyl sites for hydroxylation is 2. The van der Waals surface area contributed by atoms with Gasteiger partial charge in [0.2, 0.25) is 0 Å². The average Bonchev–Trinajstić information content (AvgIpc) is 2.78. The van der Waals surface area contributed by atoms with Gasteiger partial charge in [-0.3, -0.25) is 4.79 Å².